The van der Waals surface area contributed by atoms with Gasteiger partial charge in [0.05, 0.1) is 18.3 Å². The van der Waals surface area contributed by atoms with Crippen molar-refractivity contribution < 1.29 is 14.6 Å². The lowest BCUT2D eigenvalue weighted by Crippen LogP contribution is -2.44. The number of aliphatic hydroxyl groups is 1. The minimum Gasteiger partial charge on any atom is -0.392 e. The number of hydrogen-bond donors (Lipinski definition) is 1. The summed E-state index contributed by atoms with van der Waals surface area (Å²) in [6, 6.07) is 0. The van der Waals surface area contributed by atoms with E-state index in [1.165, 1.54) is 0 Å². The summed E-state index contributed by atoms with van der Waals surface area (Å²) < 4.78 is 11.6. The van der Waals surface area contributed by atoms with Gasteiger partial charge >= 0.3 is 0 Å². The van der Waals surface area contributed by atoms with Crippen molar-refractivity contribution in [3.8, 4) is 0 Å². The molecule has 0 aromatic rings. The lowest BCUT2D eigenvalue weighted by molar-refractivity contribution is -0.113. The summed E-state index contributed by atoms with van der Waals surface area (Å²) in [5.41, 5.74) is -0.0870. The van der Waals surface area contributed by atoms with Gasteiger partial charge in [-0.2, -0.15) is 11.8 Å². The van der Waals surface area contributed by atoms with Gasteiger partial charge in [-0.1, -0.05) is 20.8 Å². The number of thioether (sulfide) groups is 1. The molecule has 2 fully saturated rings. The second-order valence-electron chi connectivity index (χ2n) is 6.58. The lowest BCUT2D eigenvalue weighted by Gasteiger charge is -2.39. The predicted molar refractivity (Wildman–Crippen MR) is 75.1 cm³/mol. The van der Waals surface area contributed by atoms with E-state index in [2.05, 4.69) is 20.8 Å². The summed E-state index contributed by atoms with van der Waals surface area (Å²) in [4.78, 5) is 0. The Labute approximate surface area is 115 Å². The van der Waals surface area contributed by atoms with E-state index in [1.807, 2.05) is 11.8 Å². The predicted octanol–water partition coefficient (Wildman–Crippen LogP) is 2.46. The van der Waals surface area contributed by atoms with Gasteiger partial charge in [0, 0.05) is 30.1 Å². The summed E-state index contributed by atoms with van der Waals surface area (Å²) >= 11 is 1.84. The molecule has 2 aliphatic rings. The average Bonchev–Trinajstić information content (AvgIpc) is 2.73. The van der Waals surface area contributed by atoms with Gasteiger partial charge in [0.25, 0.3) is 0 Å². The highest BCUT2D eigenvalue weighted by Crippen LogP contribution is 2.38. The van der Waals surface area contributed by atoms with Crippen LogP contribution in [-0.4, -0.2) is 47.1 Å². The smallest absolute Gasteiger partial charge is 0.0940 e. The van der Waals surface area contributed by atoms with Crippen molar-refractivity contribution in [2.75, 3.05) is 25.6 Å². The molecule has 0 aromatic carbocycles. The van der Waals surface area contributed by atoms with Gasteiger partial charge in [-0.3, -0.25) is 0 Å². The molecule has 0 saturated carbocycles. The van der Waals surface area contributed by atoms with Gasteiger partial charge in [-0.25, -0.2) is 0 Å². The van der Waals surface area contributed by atoms with Crippen molar-refractivity contribution in [3.63, 3.8) is 0 Å². The third-order valence-corrected chi connectivity index (χ3v) is 5.20. The molecule has 0 aliphatic carbocycles. The Morgan fingerprint density at radius 2 is 2.17 bits per heavy atom. The fraction of sp³-hybridized carbons (Fsp3) is 1.00. The summed E-state index contributed by atoms with van der Waals surface area (Å²) in [5.74, 6) is 1.20. The van der Waals surface area contributed by atoms with Crippen LogP contribution in [0.15, 0.2) is 0 Å². The molecule has 2 saturated heterocycles. The molecular formula is C14H26O3S. The zero-order valence-electron chi connectivity index (χ0n) is 11.8. The van der Waals surface area contributed by atoms with E-state index >= 15 is 0 Å². The largest absolute Gasteiger partial charge is 0.392 e. The molecule has 1 spiro atoms. The van der Waals surface area contributed by atoms with Crippen LogP contribution in [0.1, 0.15) is 40.0 Å². The molecule has 2 heterocycles. The third kappa shape index (κ3) is 3.86. The van der Waals surface area contributed by atoms with Crippen LogP contribution >= 0.6 is 11.8 Å². The highest BCUT2D eigenvalue weighted by Gasteiger charge is 2.42. The molecule has 18 heavy (non-hydrogen) atoms. The topological polar surface area (TPSA) is 38.7 Å². The molecule has 106 valence electrons. The van der Waals surface area contributed by atoms with Crippen LogP contribution in [0.3, 0.4) is 0 Å². The fourth-order valence-corrected chi connectivity index (χ4v) is 3.67. The monoisotopic (exact) mass is 274 g/mol. The molecule has 3 nitrogen and oxygen atoms in total. The van der Waals surface area contributed by atoms with E-state index in [9.17, 15) is 5.11 Å². The Balaban J connectivity index is 1.84. The highest BCUT2D eigenvalue weighted by molar-refractivity contribution is 8.00. The van der Waals surface area contributed by atoms with Crippen molar-refractivity contribution in [2.45, 2.75) is 56.5 Å². The van der Waals surface area contributed by atoms with Crippen LogP contribution in [0, 0.1) is 5.92 Å². The molecule has 4 heteroatoms. The second-order valence-corrected chi connectivity index (χ2v) is 8.42. The first-order valence-electron chi connectivity index (χ1n) is 6.94. The molecule has 0 bridgehead atoms. The average molecular weight is 274 g/mol. The minimum atomic E-state index is -0.212. The van der Waals surface area contributed by atoms with E-state index in [0.717, 1.165) is 38.2 Å². The van der Waals surface area contributed by atoms with E-state index in [4.69, 9.17) is 9.47 Å². The Hall–Kier alpha value is 0.230. The van der Waals surface area contributed by atoms with Gasteiger partial charge in [0.1, 0.15) is 0 Å². The maximum atomic E-state index is 10.4. The Morgan fingerprint density at radius 3 is 2.78 bits per heavy atom. The van der Waals surface area contributed by atoms with Crippen molar-refractivity contribution >= 4 is 11.8 Å². The van der Waals surface area contributed by atoms with Gasteiger partial charge in [-0.05, 0) is 18.8 Å². The summed E-state index contributed by atoms with van der Waals surface area (Å²) in [6.45, 7) is 8.87. The van der Waals surface area contributed by atoms with Crippen molar-refractivity contribution in [2.24, 2.45) is 5.92 Å². The molecule has 1 N–H and O–H groups in total. The van der Waals surface area contributed by atoms with E-state index in [0.29, 0.717) is 12.5 Å². The van der Waals surface area contributed by atoms with Gasteiger partial charge in [-0.15, -0.1) is 0 Å². The van der Waals surface area contributed by atoms with Crippen LogP contribution in [-0.2, 0) is 9.47 Å². The quantitative estimate of drug-likeness (QED) is 0.858. The van der Waals surface area contributed by atoms with Crippen LogP contribution < -0.4 is 0 Å². The van der Waals surface area contributed by atoms with E-state index < -0.39 is 0 Å². The van der Waals surface area contributed by atoms with Gasteiger partial charge < -0.3 is 14.6 Å². The molecule has 3 atom stereocenters. The summed E-state index contributed by atoms with van der Waals surface area (Å²) in [6.07, 6.45) is 2.71. The van der Waals surface area contributed by atoms with Crippen LogP contribution in [0.2, 0.25) is 0 Å². The summed E-state index contributed by atoms with van der Waals surface area (Å²) in [7, 11) is 0. The SMILES string of the molecule is CC(C)(C)SCC(O)C1CCOC2(CCOC2)C1. The molecular weight excluding hydrogens is 248 g/mol. The normalized spacial score (nSPS) is 35.0. The van der Waals surface area contributed by atoms with Crippen LogP contribution in [0.25, 0.3) is 0 Å². The summed E-state index contributed by atoms with van der Waals surface area (Å²) in [5, 5.41) is 10.4. The first-order valence-corrected chi connectivity index (χ1v) is 7.93. The Bertz CT molecular complexity index is 269. The van der Waals surface area contributed by atoms with Crippen molar-refractivity contribution in [1.82, 2.24) is 0 Å². The minimum absolute atomic E-state index is 0.0870. The number of rotatable bonds is 3. The Morgan fingerprint density at radius 1 is 1.39 bits per heavy atom. The number of ether oxygens (including phenoxy) is 2. The third-order valence-electron chi connectivity index (χ3n) is 3.83. The van der Waals surface area contributed by atoms with E-state index in [-0.39, 0.29) is 16.5 Å². The highest BCUT2D eigenvalue weighted by atomic mass is 32.2. The molecule has 0 radical (unpaired) electrons. The molecule has 2 rings (SSSR count). The van der Waals surface area contributed by atoms with Crippen LogP contribution in [0.5, 0.6) is 0 Å². The number of hydrogen-bond acceptors (Lipinski definition) is 4. The molecule has 0 amide bonds. The van der Waals surface area contributed by atoms with Gasteiger partial charge in [0.15, 0.2) is 0 Å². The standard InChI is InChI=1S/C14H26O3S/c1-13(2,3)18-9-12(15)11-4-6-17-14(8-11)5-7-16-10-14/h11-12,15H,4-10H2,1-3H3. The molecule has 3 unspecified atom stereocenters. The van der Waals surface area contributed by atoms with Crippen molar-refractivity contribution in [3.05, 3.63) is 0 Å². The fourth-order valence-electron chi connectivity index (χ4n) is 2.73. The molecule has 0 aromatic heterocycles. The first kappa shape index (κ1) is 14.6. The second kappa shape index (κ2) is 5.70. The van der Waals surface area contributed by atoms with Crippen LogP contribution in [0.4, 0.5) is 0 Å². The maximum Gasteiger partial charge on any atom is 0.0940 e. The van der Waals surface area contributed by atoms with Gasteiger partial charge in [0.2, 0.25) is 0 Å². The Kier molecular flexibility index (Phi) is 4.63. The maximum absolute atomic E-state index is 10.4. The lowest BCUT2D eigenvalue weighted by atomic mass is 9.82. The zero-order valence-corrected chi connectivity index (χ0v) is 12.6. The van der Waals surface area contributed by atoms with E-state index in [1.54, 1.807) is 0 Å². The first-order chi connectivity index (χ1) is 8.40. The molecule has 2 aliphatic heterocycles. The zero-order chi connectivity index (χ0) is 13.2. The number of aliphatic hydroxyl groups excluding tert-OH is 1. The van der Waals surface area contributed by atoms with Crippen molar-refractivity contribution in [1.29, 1.82) is 0 Å².